The highest BCUT2D eigenvalue weighted by Gasteiger charge is 2.46. The fraction of sp³-hybridized carbons (Fsp3) is 0.250. The SMILES string of the molecule is Fc1c(F)c(C(F)(F)F)c(S)c(F)c1C(F)(F)F. The highest BCUT2D eigenvalue weighted by molar-refractivity contribution is 7.80. The fourth-order valence-corrected chi connectivity index (χ4v) is 1.49. The summed E-state index contributed by atoms with van der Waals surface area (Å²) in [4.78, 5) is -1.95. The van der Waals surface area contributed by atoms with Crippen LogP contribution < -0.4 is 0 Å². The van der Waals surface area contributed by atoms with E-state index < -0.39 is 45.8 Å². The molecule has 102 valence electrons. The predicted octanol–water partition coefficient (Wildman–Crippen LogP) is 4.43. The Bertz CT molecular complexity index is 411. The summed E-state index contributed by atoms with van der Waals surface area (Å²) in [6.07, 6.45) is -11.3. The molecule has 0 saturated carbocycles. The molecule has 1 rings (SSSR count). The topological polar surface area (TPSA) is 0 Å². The lowest BCUT2D eigenvalue weighted by Crippen LogP contribution is -2.19. The van der Waals surface area contributed by atoms with Gasteiger partial charge in [-0.05, 0) is 0 Å². The molecule has 0 aromatic heterocycles. The van der Waals surface area contributed by atoms with Gasteiger partial charge in [-0.25, -0.2) is 13.2 Å². The molecule has 10 heteroatoms. The molecule has 0 fully saturated rings. The van der Waals surface area contributed by atoms with Crippen molar-refractivity contribution in [1.82, 2.24) is 0 Å². The first kappa shape index (κ1) is 15.0. The van der Waals surface area contributed by atoms with Crippen LogP contribution in [0.5, 0.6) is 0 Å². The predicted molar refractivity (Wildman–Crippen MR) is 43.6 cm³/mol. The van der Waals surface area contributed by atoms with Crippen molar-refractivity contribution in [2.45, 2.75) is 17.2 Å². The van der Waals surface area contributed by atoms with Gasteiger partial charge in [0.2, 0.25) is 0 Å². The van der Waals surface area contributed by atoms with Crippen molar-refractivity contribution < 1.29 is 39.5 Å². The average molecular weight is 300 g/mol. The Morgan fingerprint density at radius 3 is 1.28 bits per heavy atom. The van der Waals surface area contributed by atoms with Crippen LogP contribution in [-0.4, -0.2) is 0 Å². The van der Waals surface area contributed by atoms with E-state index >= 15 is 0 Å². The molecule has 0 N–H and O–H groups in total. The Morgan fingerprint density at radius 2 is 0.944 bits per heavy atom. The van der Waals surface area contributed by atoms with Gasteiger partial charge in [-0.15, -0.1) is 12.6 Å². The van der Waals surface area contributed by atoms with E-state index in [1.807, 2.05) is 0 Å². The molecular weight excluding hydrogens is 299 g/mol. The summed E-state index contributed by atoms with van der Waals surface area (Å²) < 4.78 is 112. The molecule has 18 heavy (non-hydrogen) atoms. The molecule has 0 nitrogen and oxygen atoms in total. The van der Waals surface area contributed by atoms with Gasteiger partial charge in [0.25, 0.3) is 0 Å². The molecule has 0 radical (unpaired) electrons. The van der Waals surface area contributed by atoms with E-state index in [9.17, 15) is 39.5 Å². The first-order valence-electron chi connectivity index (χ1n) is 3.92. The first-order chi connectivity index (χ1) is 7.89. The Labute approximate surface area is 98.8 Å². The number of thiol groups is 1. The van der Waals surface area contributed by atoms with Crippen LogP contribution in [-0.2, 0) is 12.4 Å². The van der Waals surface area contributed by atoms with E-state index in [2.05, 4.69) is 12.6 Å². The smallest absolute Gasteiger partial charge is 0.205 e. The molecule has 0 aliphatic carbocycles. The van der Waals surface area contributed by atoms with Crippen LogP contribution in [0.25, 0.3) is 0 Å². The number of alkyl halides is 6. The molecule has 0 spiro atoms. The minimum atomic E-state index is -5.68. The fourth-order valence-electron chi connectivity index (χ4n) is 1.16. The van der Waals surface area contributed by atoms with Gasteiger partial charge in [0.1, 0.15) is 11.1 Å². The first-order valence-corrected chi connectivity index (χ1v) is 4.37. The van der Waals surface area contributed by atoms with E-state index in [1.165, 1.54) is 0 Å². The third kappa shape index (κ3) is 2.38. The summed E-state index contributed by atoms with van der Waals surface area (Å²) in [6.45, 7) is 0. The van der Waals surface area contributed by atoms with Gasteiger partial charge in [0, 0.05) is 0 Å². The van der Waals surface area contributed by atoms with Crippen molar-refractivity contribution in [3.8, 4) is 0 Å². The van der Waals surface area contributed by atoms with Crippen LogP contribution in [0, 0.1) is 17.5 Å². The monoisotopic (exact) mass is 300 g/mol. The van der Waals surface area contributed by atoms with Crippen LogP contribution in [0.4, 0.5) is 39.5 Å². The lowest BCUT2D eigenvalue weighted by molar-refractivity contribution is -0.149. The molecule has 0 bridgehead atoms. The van der Waals surface area contributed by atoms with Crippen LogP contribution >= 0.6 is 12.6 Å². The lowest BCUT2D eigenvalue weighted by atomic mass is 10.1. The van der Waals surface area contributed by atoms with Crippen molar-refractivity contribution in [3.05, 3.63) is 28.6 Å². The van der Waals surface area contributed by atoms with Crippen molar-refractivity contribution in [2.24, 2.45) is 0 Å². The molecule has 0 heterocycles. The number of rotatable bonds is 0. The van der Waals surface area contributed by atoms with Crippen molar-refractivity contribution in [2.75, 3.05) is 0 Å². The van der Waals surface area contributed by atoms with E-state index in [-0.39, 0.29) is 0 Å². The summed E-state index contributed by atoms with van der Waals surface area (Å²) in [5.74, 6) is -8.41. The minimum absolute atomic E-state index is 1.95. The number of halogens is 9. The second-order valence-corrected chi connectivity index (χ2v) is 3.48. The molecule has 0 atom stereocenters. The molecule has 0 saturated heterocycles. The summed E-state index contributed by atoms with van der Waals surface area (Å²) in [7, 11) is 0. The maximum Gasteiger partial charge on any atom is 0.422 e. The van der Waals surface area contributed by atoms with Gasteiger partial charge < -0.3 is 0 Å². The van der Waals surface area contributed by atoms with Gasteiger partial charge in [-0.2, -0.15) is 26.3 Å². The van der Waals surface area contributed by atoms with E-state index in [1.54, 1.807) is 0 Å². The van der Waals surface area contributed by atoms with Crippen LogP contribution in [0.15, 0.2) is 4.90 Å². The second-order valence-electron chi connectivity index (χ2n) is 3.04. The molecule has 0 amide bonds. The van der Waals surface area contributed by atoms with Gasteiger partial charge in [0.15, 0.2) is 17.5 Å². The summed E-state index contributed by atoms with van der Waals surface area (Å²) in [6, 6.07) is 0. The number of benzene rings is 1. The van der Waals surface area contributed by atoms with Gasteiger partial charge in [-0.1, -0.05) is 0 Å². The number of hydrogen-bond acceptors (Lipinski definition) is 1. The van der Waals surface area contributed by atoms with Gasteiger partial charge in [-0.3, -0.25) is 0 Å². The van der Waals surface area contributed by atoms with E-state index in [4.69, 9.17) is 0 Å². The zero-order valence-corrected chi connectivity index (χ0v) is 8.74. The average Bonchev–Trinajstić information content (AvgIpc) is 2.10. The van der Waals surface area contributed by atoms with Crippen LogP contribution in [0.3, 0.4) is 0 Å². The Kier molecular flexibility index (Phi) is 3.54. The zero-order chi connectivity index (χ0) is 14.5. The van der Waals surface area contributed by atoms with E-state index in [0.717, 1.165) is 0 Å². The highest BCUT2D eigenvalue weighted by Crippen LogP contribution is 2.43. The maximum absolute atomic E-state index is 13.0. The third-order valence-electron chi connectivity index (χ3n) is 1.86. The molecule has 0 aliphatic heterocycles. The molecule has 1 aromatic carbocycles. The van der Waals surface area contributed by atoms with Gasteiger partial charge in [0.05, 0.1) is 4.90 Å². The van der Waals surface area contributed by atoms with E-state index in [0.29, 0.717) is 0 Å². The quantitative estimate of drug-likeness (QED) is 0.409. The third-order valence-corrected chi connectivity index (χ3v) is 2.28. The van der Waals surface area contributed by atoms with Crippen molar-refractivity contribution in [3.63, 3.8) is 0 Å². The Morgan fingerprint density at radius 1 is 0.611 bits per heavy atom. The highest BCUT2D eigenvalue weighted by atomic mass is 32.1. The maximum atomic E-state index is 13.0. The van der Waals surface area contributed by atoms with Crippen LogP contribution in [0.2, 0.25) is 0 Å². The zero-order valence-electron chi connectivity index (χ0n) is 7.85. The second kappa shape index (κ2) is 4.25. The van der Waals surface area contributed by atoms with Gasteiger partial charge >= 0.3 is 12.4 Å². The summed E-state index contributed by atoms with van der Waals surface area (Å²) in [5.41, 5.74) is -5.27. The standard InChI is InChI=1S/C8HF9S/c9-3-1(7(12,13)14)5(11)6(18)2(4(3)10)8(15,16)17/h18H. The molecule has 1 aromatic rings. The van der Waals surface area contributed by atoms with Crippen LogP contribution in [0.1, 0.15) is 11.1 Å². The Balaban J connectivity index is 3.79. The normalized spacial score (nSPS) is 13.0. The summed E-state index contributed by atoms with van der Waals surface area (Å²) >= 11 is 2.82. The summed E-state index contributed by atoms with van der Waals surface area (Å²) in [5, 5.41) is 0. The van der Waals surface area contributed by atoms with Crippen molar-refractivity contribution in [1.29, 1.82) is 0 Å². The number of hydrogen-bond donors (Lipinski definition) is 1. The Hall–Kier alpha value is -1.06. The molecule has 0 aliphatic rings. The lowest BCUT2D eigenvalue weighted by Gasteiger charge is -2.16. The largest absolute Gasteiger partial charge is 0.422 e. The molecule has 0 unspecified atom stereocenters. The molecular formula is C8HF9S. The minimum Gasteiger partial charge on any atom is -0.205 e. The van der Waals surface area contributed by atoms with Crippen molar-refractivity contribution >= 4 is 12.6 Å².